The monoisotopic (exact) mass is 256 g/mol. The Hall–Kier alpha value is -2.49. The van der Waals surface area contributed by atoms with Gasteiger partial charge in [-0.3, -0.25) is 4.79 Å². The van der Waals surface area contributed by atoms with Gasteiger partial charge in [-0.1, -0.05) is 24.3 Å². The predicted octanol–water partition coefficient (Wildman–Crippen LogP) is 2.59. The first-order valence-electron chi connectivity index (χ1n) is 5.99. The Balaban J connectivity index is 1.91. The molecule has 2 aromatic rings. The van der Waals surface area contributed by atoms with E-state index in [4.69, 9.17) is 10.5 Å². The van der Waals surface area contributed by atoms with Crippen LogP contribution in [0.1, 0.15) is 5.56 Å². The topological polar surface area (TPSA) is 64.3 Å². The van der Waals surface area contributed by atoms with Crippen molar-refractivity contribution in [1.82, 2.24) is 0 Å². The molecule has 2 aromatic carbocycles. The fourth-order valence-electron chi connectivity index (χ4n) is 1.65. The molecule has 0 fully saturated rings. The predicted molar refractivity (Wildman–Crippen MR) is 76.2 cm³/mol. The van der Waals surface area contributed by atoms with Crippen LogP contribution in [0.25, 0.3) is 0 Å². The summed E-state index contributed by atoms with van der Waals surface area (Å²) in [4.78, 5) is 11.7. The molecule has 0 heterocycles. The number of rotatable bonds is 4. The number of nitrogen functional groups attached to an aromatic ring is 1. The fourth-order valence-corrected chi connectivity index (χ4v) is 1.65. The average Bonchev–Trinajstić information content (AvgIpc) is 2.41. The molecule has 0 saturated heterocycles. The van der Waals surface area contributed by atoms with Crippen LogP contribution >= 0.6 is 0 Å². The van der Waals surface area contributed by atoms with Crippen molar-refractivity contribution in [1.29, 1.82) is 0 Å². The highest BCUT2D eigenvalue weighted by atomic mass is 16.5. The van der Waals surface area contributed by atoms with E-state index >= 15 is 0 Å². The van der Waals surface area contributed by atoms with Gasteiger partial charge < -0.3 is 15.8 Å². The van der Waals surface area contributed by atoms with Gasteiger partial charge in [-0.25, -0.2) is 0 Å². The van der Waals surface area contributed by atoms with E-state index < -0.39 is 0 Å². The summed E-state index contributed by atoms with van der Waals surface area (Å²) < 4.78 is 5.35. The standard InChI is InChI=1S/C15H16N2O2/c1-11-7-8-14(13(16)9-11)17-15(18)10-19-12-5-3-2-4-6-12/h2-9H,10,16H2,1H3,(H,17,18). The molecule has 4 nitrogen and oxygen atoms in total. The molecule has 0 bridgehead atoms. The van der Waals surface area contributed by atoms with Gasteiger partial charge in [0.15, 0.2) is 6.61 Å². The Morgan fingerprint density at radius 1 is 1.21 bits per heavy atom. The molecule has 2 rings (SSSR count). The van der Waals surface area contributed by atoms with Crippen molar-refractivity contribution in [3.63, 3.8) is 0 Å². The zero-order valence-corrected chi connectivity index (χ0v) is 10.7. The van der Waals surface area contributed by atoms with E-state index in [2.05, 4.69) is 5.32 Å². The third-order valence-corrected chi connectivity index (χ3v) is 2.59. The van der Waals surface area contributed by atoms with Crippen molar-refractivity contribution in [2.24, 2.45) is 0 Å². The van der Waals surface area contributed by atoms with Crippen LogP contribution < -0.4 is 15.8 Å². The largest absolute Gasteiger partial charge is 0.484 e. The Morgan fingerprint density at radius 2 is 1.95 bits per heavy atom. The molecule has 3 N–H and O–H groups in total. The van der Waals surface area contributed by atoms with Gasteiger partial charge in [0, 0.05) is 0 Å². The summed E-state index contributed by atoms with van der Waals surface area (Å²) in [6, 6.07) is 14.7. The van der Waals surface area contributed by atoms with Crippen LogP contribution in [0.15, 0.2) is 48.5 Å². The Labute approximate surface area is 112 Å². The van der Waals surface area contributed by atoms with Gasteiger partial charge in [-0.2, -0.15) is 0 Å². The summed E-state index contributed by atoms with van der Waals surface area (Å²) in [6.07, 6.45) is 0. The van der Waals surface area contributed by atoms with Crippen molar-refractivity contribution in [3.8, 4) is 5.75 Å². The molecule has 0 spiro atoms. The number of nitrogens with one attached hydrogen (secondary N) is 1. The zero-order valence-electron chi connectivity index (χ0n) is 10.7. The second-order valence-corrected chi connectivity index (χ2v) is 4.24. The highest BCUT2D eigenvalue weighted by molar-refractivity contribution is 5.94. The summed E-state index contributed by atoms with van der Waals surface area (Å²) in [7, 11) is 0. The summed E-state index contributed by atoms with van der Waals surface area (Å²) in [6.45, 7) is 1.90. The van der Waals surface area contributed by atoms with Crippen LogP contribution in [0, 0.1) is 6.92 Å². The highest BCUT2D eigenvalue weighted by Gasteiger charge is 2.06. The van der Waals surface area contributed by atoms with E-state index in [1.165, 1.54) is 0 Å². The number of carbonyl (C=O) groups excluding carboxylic acids is 1. The molecule has 0 unspecified atom stereocenters. The highest BCUT2D eigenvalue weighted by Crippen LogP contribution is 2.19. The van der Waals surface area contributed by atoms with Gasteiger partial charge in [0.2, 0.25) is 0 Å². The van der Waals surface area contributed by atoms with Gasteiger partial charge in [0.1, 0.15) is 5.75 Å². The number of para-hydroxylation sites is 1. The van der Waals surface area contributed by atoms with Crippen molar-refractivity contribution in [2.75, 3.05) is 17.7 Å². The van der Waals surface area contributed by atoms with Gasteiger partial charge in [0.05, 0.1) is 11.4 Å². The fraction of sp³-hybridized carbons (Fsp3) is 0.133. The summed E-state index contributed by atoms with van der Waals surface area (Å²) in [5, 5.41) is 2.72. The first-order chi connectivity index (χ1) is 9.15. The van der Waals surface area contributed by atoms with Crippen LogP contribution in [0.2, 0.25) is 0 Å². The number of benzene rings is 2. The molecule has 0 aromatic heterocycles. The minimum atomic E-state index is -0.237. The summed E-state index contributed by atoms with van der Waals surface area (Å²) in [5.41, 5.74) is 8.03. The molecule has 1 amide bonds. The van der Waals surface area contributed by atoms with Crippen molar-refractivity contribution in [2.45, 2.75) is 6.92 Å². The number of aryl methyl sites for hydroxylation is 1. The Kier molecular flexibility index (Phi) is 4.03. The van der Waals surface area contributed by atoms with E-state index in [1.807, 2.05) is 37.3 Å². The van der Waals surface area contributed by atoms with E-state index in [0.717, 1.165) is 5.56 Å². The van der Waals surface area contributed by atoms with Crippen LogP contribution in [0.4, 0.5) is 11.4 Å². The summed E-state index contributed by atoms with van der Waals surface area (Å²) in [5.74, 6) is 0.425. The number of hydrogen-bond donors (Lipinski definition) is 2. The number of ether oxygens (including phenoxy) is 1. The lowest BCUT2D eigenvalue weighted by atomic mass is 10.2. The lowest BCUT2D eigenvalue weighted by molar-refractivity contribution is -0.118. The van der Waals surface area contributed by atoms with Gasteiger partial charge >= 0.3 is 0 Å². The molecule has 0 aliphatic heterocycles. The van der Waals surface area contributed by atoms with E-state index in [1.54, 1.807) is 18.2 Å². The first kappa shape index (κ1) is 13.0. The molecule has 0 radical (unpaired) electrons. The number of hydrogen-bond acceptors (Lipinski definition) is 3. The van der Waals surface area contributed by atoms with Crippen molar-refractivity contribution in [3.05, 3.63) is 54.1 Å². The molecule has 0 saturated carbocycles. The SMILES string of the molecule is Cc1ccc(NC(=O)COc2ccccc2)c(N)c1. The smallest absolute Gasteiger partial charge is 0.262 e. The Morgan fingerprint density at radius 3 is 2.63 bits per heavy atom. The quantitative estimate of drug-likeness (QED) is 0.826. The minimum absolute atomic E-state index is 0.0443. The third kappa shape index (κ3) is 3.74. The molecule has 0 aliphatic rings. The first-order valence-corrected chi connectivity index (χ1v) is 5.99. The molecule has 4 heteroatoms. The number of anilines is 2. The van der Waals surface area contributed by atoms with Gasteiger partial charge in [-0.15, -0.1) is 0 Å². The van der Waals surface area contributed by atoms with Gasteiger partial charge in [-0.05, 0) is 36.8 Å². The second-order valence-electron chi connectivity index (χ2n) is 4.24. The molecular weight excluding hydrogens is 240 g/mol. The van der Waals surface area contributed by atoms with Crippen LogP contribution in [-0.2, 0) is 4.79 Å². The maximum atomic E-state index is 11.7. The van der Waals surface area contributed by atoms with Crippen LogP contribution in [0.3, 0.4) is 0 Å². The molecule has 19 heavy (non-hydrogen) atoms. The maximum Gasteiger partial charge on any atom is 0.262 e. The molecule has 98 valence electrons. The molecule has 0 aliphatic carbocycles. The summed E-state index contributed by atoms with van der Waals surface area (Å²) >= 11 is 0. The molecule has 0 atom stereocenters. The number of nitrogens with two attached hydrogens (primary N) is 1. The lowest BCUT2D eigenvalue weighted by Crippen LogP contribution is -2.20. The number of carbonyl (C=O) groups is 1. The molecular formula is C15H16N2O2. The lowest BCUT2D eigenvalue weighted by Gasteiger charge is -2.09. The van der Waals surface area contributed by atoms with E-state index in [-0.39, 0.29) is 12.5 Å². The third-order valence-electron chi connectivity index (χ3n) is 2.59. The Bertz CT molecular complexity index is 568. The van der Waals surface area contributed by atoms with Gasteiger partial charge in [0.25, 0.3) is 5.91 Å². The van der Waals surface area contributed by atoms with Crippen molar-refractivity contribution < 1.29 is 9.53 Å². The average molecular weight is 256 g/mol. The van der Waals surface area contributed by atoms with E-state index in [0.29, 0.717) is 17.1 Å². The minimum Gasteiger partial charge on any atom is -0.484 e. The van der Waals surface area contributed by atoms with Crippen LogP contribution in [0.5, 0.6) is 5.75 Å². The van der Waals surface area contributed by atoms with Crippen LogP contribution in [-0.4, -0.2) is 12.5 Å². The van der Waals surface area contributed by atoms with Crippen molar-refractivity contribution >= 4 is 17.3 Å². The maximum absolute atomic E-state index is 11.7. The van der Waals surface area contributed by atoms with E-state index in [9.17, 15) is 4.79 Å². The second kappa shape index (κ2) is 5.91. The zero-order chi connectivity index (χ0) is 13.7. The number of amides is 1. The normalized spacial score (nSPS) is 9.95.